The Labute approximate surface area is 149 Å². The number of esters is 1. The van der Waals surface area contributed by atoms with Crippen molar-refractivity contribution in [3.63, 3.8) is 0 Å². The second-order valence-corrected chi connectivity index (χ2v) is 6.16. The molecule has 0 aliphatic carbocycles. The molecule has 0 radical (unpaired) electrons. The Balaban J connectivity index is 1.80. The number of carbonyl (C=O) groups is 2. The first-order chi connectivity index (χ1) is 12.1. The fraction of sp³-hybridized carbons (Fsp3) is 0.333. The SMILES string of the molecule is CCC[C@@H](C)NC(=O)COC(=O)Cc1ccc(-c2ccccc2)cc1. The zero-order valence-corrected chi connectivity index (χ0v) is 14.8. The standard InChI is InChI=1S/C21H25NO3/c1-3-7-16(2)22-20(23)15-25-21(24)14-17-10-12-19(13-11-17)18-8-5-4-6-9-18/h4-6,8-13,16H,3,7,14-15H2,1-2H3,(H,22,23)/t16-/m1/s1. The summed E-state index contributed by atoms with van der Waals surface area (Å²) in [6, 6.07) is 17.9. The van der Waals surface area contributed by atoms with Gasteiger partial charge in [0.1, 0.15) is 0 Å². The van der Waals surface area contributed by atoms with Crippen LogP contribution in [0.15, 0.2) is 54.6 Å². The molecule has 4 heteroatoms. The zero-order valence-electron chi connectivity index (χ0n) is 14.8. The molecular formula is C21H25NO3. The average Bonchev–Trinajstić information content (AvgIpc) is 2.61. The van der Waals surface area contributed by atoms with Gasteiger partial charge in [-0.25, -0.2) is 0 Å². The number of ether oxygens (including phenoxy) is 1. The Morgan fingerprint density at radius 2 is 1.64 bits per heavy atom. The van der Waals surface area contributed by atoms with Crippen LogP contribution in [-0.2, 0) is 20.7 Å². The highest BCUT2D eigenvalue weighted by molar-refractivity contribution is 5.81. The quantitative estimate of drug-likeness (QED) is 0.745. The van der Waals surface area contributed by atoms with E-state index in [0.29, 0.717) is 0 Å². The Morgan fingerprint density at radius 3 is 2.28 bits per heavy atom. The maximum Gasteiger partial charge on any atom is 0.310 e. The highest BCUT2D eigenvalue weighted by Gasteiger charge is 2.11. The van der Waals surface area contributed by atoms with Crippen LogP contribution in [0.25, 0.3) is 11.1 Å². The number of amides is 1. The molecule has 0 saturated carbocycles. The Kier molecular flexibility index (Phi) is 7.20. The van der Waals surface area contributed by atoms with Gasteiger partial charge in [-0.05, 0) is 30.0 Å². The van der Waals surface area contributed by atoms with Crippen molar-refractivity contribution < 1.29 is 14.3 Å². The summed E-state index contributed by atoms with van der Waals surface area (Å²) in [6.07, 6.45) is 2.07. The predicted molar refractivity (Wildman–Crippen MR) is 99.1 cm³/mol. The predicted octanol–water partition coefficient (Wildman–Crippen LogP) is 3.74. The van der Waals surface area contributed by atoms with E-state index in [4.69, 9.17) is 4.74 Å². The summed E-state index contributed by atoms with van der Waals surface area (Å²) < 4.78 is 5.05. The number of carbonyl (C=O) groups excluding carboxylic acids is 2. The van der Waals surface area contributed by atoms with Gasteiger partial charge in [0.25, 0.3) is 5.91 Å². The number of hydrogen-bond donors (Lipinski definition) is 1. The lowest BCUT2D eigenvalue weighted by molar-refractivity contribution is -0.148. The molecule has 0 bridgehead atoms. The number of benzene rings is 2. The van der Waals surface area contributed by atoms with E-state index in [1.807, 2.05) is 61.5 Å². The minimum Gasteiger partial charge on any atom is -0.455 e. The van der Waals surface area contributed by atoms with Gasteiger partial charge < -0.3 is 10.1 Å². The Hall–Kier alpha value is -2.62. The molecule has 1 atom stereocenters. The van der Waals surface area contributed by atoms with Crippen LogP contribution in [0.5, 0.6) is 0 Å². The van der Waals surface area contributed by atoms with Crippen LogP contribution in [0.3, 0.4) is 0 Å². The topological polar surface area (TPSA) is 55.4 Å². The maximum absolute atomic E-state index is 11.9. The molecule has 1 N–H and O–H groups in total. The lowest BCUT2D eigenvalue weighted by Crippen LogP contribution is -2.35. The smallest absolute Gasteiger partial charge is 0.310 e. The van der Waals surface area contributed by atoms with Gasteiger partial charge in [-0.3, -0.25) is 9.59 Å². The Morgan fingerprint density at radius 1 is 1.00 bits per heavy atom. The van der Waals surface area contributed by atoms with Crippen LogP contribution < -0.4 is 5.32 Å². The lowest BCUT2D eigenvalue weighted by Gasteiger charge is -2.12. The maximum atomic E-state index is 11.9. The highest BCUT2D eigenvalue weighted by atomic mass is 16.5. The summed E-state index contributed by atoms with van der Waals surface area (Å²) in [4.78, 5) is 23.6. The largest absolute Gasteiger partial charge is 0.455 e. The molecule has 0 unspecified atom stereocenters. The number of nitrogens with one attached hydrogen (secondary N) is 1. The van der Waals surface area contributed by atoms with Crippen LogP contribution in [0, 0.1) is 0 Å². The third kappa shape index (κ3) is 6.42. The summed E-state index contributed by atoms with van der Waals surface area (Å²) in [7, 11) is 0. The molecule has 132 valence electrons. The molecule has 2 aromatic carbocycles. The van der Waals surface area contributed by atoms with Gasteiger partial charge in [0.05, 0.1) is 6.42 Å². The first kappa shape index (κ1) is 18.7. The molecule has 0 fully saturated rings. The molecule has 1 amide bonds. The van der Waals surface area contributed by atoms with Crippen LogP contribution in [0.2, 0.25) is 0 Å². The van der Waals surface area contributed by atoms with Gasteiger partial charge in [-0.2, -0.15) is 0 Å². The monoisotopic (exact) mass is 339 g/mol. The van der Waals surface area contributed by atoms with E-state index in [2.05, 4.69) is 12.2 Å². The molecule has 0 heterocycles. The van der Waals surface area contributed by atoms with Crippen LogP contribution in [0.4, 0.5) is 0 Å². The third-order valence-electron chi connectivity index (χ3n) is 3.90. The molecule has 0 spiro atoms. The zero-order chi connectivity index (χ0) is 18.1. The third-order valence-corrected chi connectivity index (χ3v) is 3.90. The second kappa shape index (κ2) is 9.62. The van der Waals surface area contributed by atoms with E-state index in [0.717, 1.165) is 29.5 Å². The van der Waals surface area contributed by atoms with E-state index < -0.39 is 5.97 Å². The number of rotatable bonds is 8. The first-order valence-electron chi connectivity index (χ1n) is 8.68. The van der Waals surface area contributed by atoms with Gasteiger partial charge in [0.2, 0.25) is 0 Å². The molecule has 0 aliphatic heterocycles. The second-order valence-electron chi connectivity index (χ2n) is 6.16. The van der Waals surface area contributed by atoms with Crippen molar-refractivity contribution in [1.29, 1.82) is 0 Å². The minimum absolute atomic E-state index is 0.0988. The highest BCUT2D eigenvalue weighted by Crippen LogP contribution is 2.19. The molecular weight excluding hydrogens is 314 g/mol. The van der Waals surface area contributed by atoms with Crippen molar-refractivity contribution >= 4 is 11.9 Å². The number of hydrogen-bond acceptors (Lipinski definition) is 3. The van der Waals surface area contributed by atoms with Crippen molar-refractivity contribution in [2.45, 2.75) is 39.2 Å². The molecule has 0 saturated heterocycles. The first-order valence-corrected chi connectivity index (χ1v) is 8.68. The average molecular weight is 339 g/mol. The fourth-order valence-corrected chi connectivity index (χ4v) is 2.63. The van der Waals surface area contributed by atoms with Gasteiger partial charge in [0.15, 0.2) is 6.61 Å². The van der Waals surface area contributed by atoms with E-state index in [1.165, 1.54) is 0 Å². The van der Waals surface area contributed by atoms with Crippen LogP contribution in [0.1, 0.15) is 32.3 Å². The summed E-state index contributed by atoms with van der Waals surface area (Å²) in [5.41, 5.74) is 3.10. The van der Waals surface area contributed by atoms with Crippen molar-refractivity contribution in [2.75, 3.05) is 6.61 Å². The molecule has 4 nitrogen and oxygen atoms in total. The van der Waals surface area contributed by atoms with E-state index in [1.54, 1.807) is 0 Å². The summed E-state index contributed by atoms with van der Waals surface area (Å²) >= 11 is 0. The summed E-state index contributed by atoms with van der Waals surface area (Å²) in [5, 5.41) is 2.81. The summed E-state index contributed by atoms with van der Waals surface area (Å²) in [6.45, 7) is 3.78. The minimum atomic E-state index is -0.397. The Bertz CT molecular complexity index is 680. The van der Waals surface area contributed by atoms with E-state index in [9.17, 15) is 9.59 Å². The molecule has 0 aliphatic rings. The van der Waals surface area contributed by atoms with Crippen molar-refractivity contribution in [1.82, 2.24) is 5.32 Å². The van der Waals surface area contributed by atoms with Gasteiger partial charge in [-0.15, -0.1) is 0 Å². The van der Waals surface area contributed by atoms with Crippen LogP contribution in [-0.4, -0.2) is 24.5 Å². The molecule has 2 aromatic rings. The van der Waals surface area contributed by atoms with Crippen molar-refractivity contribution in [2.24, 2.45) is 0 Å². The van der Waals surface area contributed by atoms with E-state index >= 15 is 0 Å². The van der Waals surface area contributed by atoms with Gasteiger partial charge in [-0.1, -0.05) is 67.9 Å². The van der Waals surface area contributed by atoms with Crippen LogP contribution >= 0.6 is 0 Å². The fourth-order valence-electron chi connectivity index (χ4n) is 2.63. The molecule has 25 heavy (non-hydrogen) atoms. The van der Waals surface area contributed by atoms with Crippen molar-refractivity contribution in [3.8, 4) is 11.1 Å². The van der Waals surface area contributed by atoms with Gasteiger partial charge >= 0.3 is 5.97 Å². The lowest BCUT2D eigenvalue weighted by atomic mass is 10.0. The van der Waals surface area contributed by atoms with Crippen molar-refractivity contribution in [3.05, 3.63) is 60.2 Å². The normalized spacial score (nSPS) is 11.6. The summed E-state index contributed by atoms with van der Waals surface area (Å²) in [5.74, 6) is -0.653. The molecule has 2 rings (SSSR count). The molecule has 0 aromatic heterocycles. The van der Waals surface area contributed by atoms with Gasteiger partial charge in [0, 0.05) is 6.04 Å². The van der Waals surface area contributed by atoms with E-state index in [-0.39, 0.29) is 25.0 Å².